The number of benzene rings is 3. The van der Waals surface area contributed by atoms with E-state index in [2.05, 4.69) is 17.4 Å². The van der Waals surface area contributed by atoms with Crippen LogP contribution in [0.25, 0.3) is 5.69 Å². The van der Waals surface area contributed by atoms with E-state index in [1.165, 1.54) is 11.8 Å². The van der Waals surface area contributed by atoms with Crippen LogP contribution in [0.3, 0.4) is 0 Å². The molecule has 1 heterocycles. The first kappa shape index (κ1) is 16.8. The predicted molar refractivity (Wildman–Crippen MR) is 102 cm³/mol. The van der Waals surface area contributed by atoms with Crippen molar-refractivity contribution in [2.45, 2.75) is 19.7 Å². The molecule has 4 rings (SSSR count). The number of H-pyrrole nitrogens is 1. The van der Waals surface area contributed by atoms with Crippen LogP contribution >= 0.6 is 23.5 Å². The van der Waals surface area contributed by atoms with Gasteiger partial charge in [-0.2, -0.15) is 0 Å². The summed E-state index contributed by atoms with van der Waals surface area (Å²) in [7, 11) is 0. The van der Waals surface area contributed by atoms with Crippen molar-refractivity contribution in [2.24, 2.45) is 0 Å². The first-order valence-electron chi connectivity index (χ1n) is 8.00. The Hall–Kier alpha value is -2.70. The second kappa shape index (κ2) is 7.68. The summed E-state index contributed by atoms with van der Waals surface area (Å²) in [5.41, 5.74) is 0.476. The van der Waals surface area contributed by atoms with E-state index in [1.54, 1.807) is 16.4 Å². The molecule has 0 spiro atoms. The molecule has 0 bridgehead atoms. The van der Waals surface area contributed by atoms with Crippen molar-refractivity contribution in [3.8, 4) is 5.69 Å². The molecule has 0 saturated heterocycles. The molecule has 128 valence electrons. The van der Waals surface area contributed by atoms with Gasteiger partial charge >= 0.3 is 10.7 Å². The Morgan fingerprint density at radius 1 is 0.731 bits per heavy atom. The maximum absolute atomic E-state index is 12.2. The highest BCUT2D eigenvalue weighted by atomic mass is 32.2. The Morgan fingerprint density at radius 3 is 2.00 bits per heavy atom. The molecule has 1 N–H and O–H groups in total. The maximum Gasteiger partial charge on any atom is 0.442 e. The predicted octanol–water partition coefficient (Wildman–Crippen LogP) is 4.55. The van der Waals surface area contributed by atoms with Crippen molar-refractivity contribution in [3.05, 3.63) is 95.3 Å². The summed E-state index contributed by atoms with van der Waals surface area (Å²) < 4.78 is 6.78. The number of para-hydroxylation sites is 1. The van der Waals surface area contributed by atoms with Crippen molar-refractivity contribution >= 4 is 23.5 Å². The average Bonchev–Trinajstić information content (AvgIpc) is 3.04. The van der Waals surface area contributed by atoms with Crippen LogP contribution in [0.15, 0.2) is 114 Å². The monoisotopic (exact) mass is 379 g/mol. The lowest BCUT2D eigenvalue weighted by Gasteiger charge is -2.03. The van der Waals surface area contributed by atoms with Gasteiger partial charge in [0.15, 0.2) is 0 Å². The third-order valence-corrected chi connectivity index (χ3v) is 5.77. The van der Waals surface area contributed by atoms with Crippen LogP contribution in [0.1, 0.15) is 0 Å². The number of nitrogens with one attached hydrogen (secondary N) is 1. The Kier molecular flexibility index (Phi) is 4.95. The Labute approximate surface area is 158 Å². The molecule has 0 unspecified atom stereocenters. The normalized spacial score (nSPS) is 10.8. The highest BCUT2D eigenvalue weighted by Crippen LogP contribution is 2.31. The first-order valence-corrected chi connectivity index (χ1v) is 9.63. The molecule has 0 aliphatic heterocycles. The summed E-state index contributed by atoms with van der Waals surface area (Å²) in [5, 5.41) is 3.22. The average molecular weight is 379 g/mol. The Bertz CT molecular complexity index is 1060. The van der Waals surface area contributed by atoms with Crippen LogP contribution in [-0.4, -0.2) is 5.27 Å². The van der Waals surface area contributed by atoms with Gasteiger partial charge in [-0.05, 0) is 52.0 Å². The van der Waals surface area contributed by atoms with Gasteiger partial charge in [0, 0.05) is 15.9 Å². The first-order chi connectivity index (χ1) is 12.8. The second-order valence-corrected chi connectivity index (χ2v) is 7.60. The van der Waals surface area contributed by atoms with Crippen LogP contribution in [0.4, 0.5) is 0 Å². The smallest absolute Gasteiger partial charge is 0.282 e. The zero-order valence-corrected chi connectivity index (χ0v) is 15.3. The number of rotatable bonds is 5. The van der Waals surface area contributed by atoms with Crippen LogP contribution in [0.5, 0.6) is 0 Å². The number of hydrogen-bond donors (Lipinski definition) is 1. The van der Waals surface area contributed by atoms with Gasteiger partial charge in [-0.1, -0.05) is 60.3 Å². The highest BCUT2D eigenvalue weighted by Gasteiger charge is 2.27. The molecule has 4 aromatic rings. The summed E-state index contributed by atoms with van der Waals surface area (Å²) in [6, 6.07) is 27.8. The number of nitrogens with zero attached hydrogens (tertiary/aromatic N) is 1. The van der Waals surface area contributed by atoms with Crippen molar-refractivity contribution in [1.29, 1.82) is 0 Å². The van der Waals surface area contributed by atoms with Crippen LogP contribution in [0.2, 0.25) is 0 Å². The summed E-state index contributed by atoms with van der Waals surface area (Å²) in [6.07, 6.45) is 0. The Balaban J connectivity index is 1.74. The molecule has 0 radical (unpaired) electrons. The molecule has 26 heavy (non-hydrogen) atoms. The second-order valence-electron chi connectivity index (χ2n) is 5.42. The summed E-state index contributed by atoms with van der Waals surface area (Å²) in [5.74, 6) is 0. The topological polar surface area (TPSA) is 49.9 Å². The summed E-state index contributed by atoms with van der Waals surface area (Å²) in [4.78, 5) is 15.4. The van der Waals surface area contributed by atoms with Gasteiger partial charge in [0.25, 0.3) is 5.69 Å². The van der Waals surface area contributed by atoms with E-state index in [0.29, 0.717) is 5.03 Å². The fraction of sp³-hybridized carbons (Fsp3) is 0. The summed E-state index contributed by atoms with van der Waals surface area (Å²) in [6.45, 7) is 0. The quantitative estimate of drug-likeness (QED) is 0.517. The molecule has 0 atom stereocenters. The fourth-order valence-electron chi connectivity index (χ4n) is 2.45. The molecule has 1 aromatic heterocycles. The molecule has 6 heteroatoms. The molecule has 0 fully saturated rings. The molecule has 0 amide bonds. The van der Waals surface area contributed by atoms with Crippen molar-refractivity contribution in [2.75, 3.05) is 0 Å². The van der Waals surface area contributed by atoms with Gasteiger partial charge in [-0.25, -0.2) is 4.79 Å². The summed E-state index contributed by atoms with van der Waals surface area (Å²) >= 11 is 3.01. The third kappa shape index (κ3) is 3.61. The van der Waals surface area contributed by atoms with Crippen LogP contribution in [-0.2, 0) is 0 Å². The zero-order valence-electron chi connectivity index (χ0n) is 13.7. The number of aromatic amines is 1. The van der Waals surface area contributed by atoms with Gasteiger partial charge in [-0.3, -0.25) is 4.52 Å². The standard InChI is InChI=1S/C20H14N2O2S2/c23-20-19(26-16-11-5-2-6-12-16)22(21-24-20)17-13-7-8-14-18(17)25-15-9-3-1-4-10-15/h1-14H/p+1. The molecule has 4 nitrogen and oxygen atoms in total. The van der Waals surface area contributed by atoms with Gasteiger partial charge < -0.3 is 0 Å². The lowest BCUT2D eigenvalue weighted by molar-refractivity contribution is -0.706. The van der Waals surface area contributed by atoms with Gasteiger partial charge in [0.1, 0.15) is 0 Å². The van der Waals surface area contributed by atoms with E-state index < -0.39 is 5.63 Å². The lowest BCUT2D eigenvalue weighted by Crippen LogP contribution is -2.36. The fourth-order valence-corrected chi connectivity index (χ4v) is 4.28. The van der Waals surface area contributed by atoms with Crippen molar-refractivity contribution < 1.29 is 9.20 Å². The van der Waals surface area contributed by atoms with E-state index in [9.17, 15) is 4.79 Å². The van der Waals surface area contributed by atoms with Crippen molar-refractivity contribution in [1.82, 2.24) is 5.27 Å². The molecular formula is C20H15N2O2S2+. The molecule has 0 aliphatic rings. The van der Waals surface area contributed by atoms with Crippen LogP contribution in [0, 0.1) is 0 Å². The minimum Gasteiger partial charge on any atom is -0.282 e. The molecule has 0 saturated carbocycles. The van der Waals surface area contributed by atoms with E-state index >= 15 is 0 Å². The van der Waals surface area contributed by atoms with E-state index in [-0.39, 0.29) is 0 Å². The highest BCUT2D eigenvalue weighted by molar-refractivity contribution is 7.99. The minimum atomic E-state index is -0.390. The third-order valence-electron chi connectivity index (χ3n) is 3.64. The van der Waals surface area contributed by atoms with Gasteiger partial charge in [-0.15, -0.1) is 0 Å². The number of aromatic nitrogens is 2. The van der Waals surface area contributed by atoms with E-state index in [1.807, 2.05) is 72.8 Å². The molecule has 0 aliphatic carbocycles. The molecular weight excluding hydrogens is 364 g/mol. The zero-order chi connectivity index (χ0) is 17.8. The van der Waals surface area contributed by atoms with Crippen LogP contribution < -0.4 is 10.3 Å². The lowest BCUT2D eigenvalue weighted by atomic mass is 10.3. The van der Waals surface area contributed by atoms with E-state index in [4.69, 9.17) is 4.52 Å². The molecule has 3 aromatic carbocycles. The van der Waals surface area contributed by atoms with E-state index in [0.717, 1.165) is 20.4 Å². The Morgan fingerprint density at radius 2 is 1.31 bits per heavy atom. The van der Waals surface area contributed by atoms with Gasteiger partial charge in [0.2, 0.25) is 0 Å². The largest absolute Gasteiger partial charge is 0.442 e. The van der Waals surface area contributed by atoms with Crippen molar-refractivity contribution in [3.63, 3.8) is 0 Å². The maximum atomic E-state index is 12.2. The number of hydrogen-bond acceptors (Lipinski definition) is 4. The minimum absolute atomic E-state index is 0.390. The SMILES string of the molecule is O=c1o[nH][n+](-c2ccccc2Sc2ccccc2)c1Sc1ccccc1. The van der Waals surface area contributed by atoms with Gasteiger partial charge in [0.05, 0.1) is 4.90 Å².